The quantitative estimate of drug-likeness (QED) is 0.627. The number of aliphatic hydroxyl groups is 1. The number of halogens is 1. The maximum Gasteiger partial charge on any atom is 0.309 e. The van der Waals surface area contributed by atoms with Gasteiger partial charge in [-0.05, 0) is 66.3 Å². The molecule has 0 radical (unpaired) electrons. The summed E-state index contributed by atoms with van der Waals surface area (Å²) in [4.78, 5) is 13.2. The third kappa shape index (κ3) is 5.12. The topological polar surface area (TPSA) is 70.0 Å². The minimum Gasteiger partial charge on any atom is -0.493 e. The first-order valence-electron chi connectivity index (χ1n) is 10.7. The van der Waals surface area contributed by atoms with Crippen LogP contribution in [0.3, 0.4) is 0 Å². The van der Waals surface area contributed by atoms with Crippen LogP contribution in [-0.2, 0) is 11.2 Å². The van der Waals surface area contributed by atoms with Crippen molar-refractivity contribution in [1.29, 1.82) is 0 Å². The molecule has 1 aliphatic heterocycles. The van der Waals surface area contributed by atoms with Crippen LogP contribution in [0.1, 0.15) is 42.6 Å². The lowest BCUT2D eigenvalue weighted by atomic mass is 9.85. The van der Waals surface area contributed by atoms with Crippen molar-refractivity contribution in [2.75, 3.05) is 26.2 Å². The van der Waals surface area contributed by atoms with Gasteiger partial charge in [-0.1, -0.05) is 35.4 Å². The second-order valence-corrected chi connectivity index (χ2v) is 8.92. The minimum absolute atomic E-state index is 0.213. The van der Waals surface area contributed by atoms with Crippen LogP contribution in [0.15, 0.2) is 48.0 Å². The molecule has 1 atom stereocenters. The van der Waals surface area contributed by atoms with Gasteiger partial charge in [0.2, 0.25) is 0 Å². The number of likely N-dealkylation sites (tertiary alicyclic amines) is 1. The second kappa shape index (κ2) is 9.43. The van der Waals surface area contributed by atoms with Gasteiger partial charge >= 0.3 is 5.97 Å². The number of aliphatic hydroxyl groups excluding tert-OH is 1. The number of aliphatic carboxylic acids is 1. The van der Waals surface area contributed by atoms with Crippen LogP contribution in [0.4, 0.5) is 0 Å². The van der Waals surface area contributed by atoms with E-state index in [1.54, 1.807) is 12.1 Å². The predicted octanol–water partition coefficient (Wildman–Crippen LogP) is 4.58. The summed E-state index contributed by atoms with van der Waals surface area (Å²) in [6.07, 6.45) is 1.88. The number of carbonyl (C=O) groups is 1. The van der Waals surface area contributed by atoms with Crippen molar-refractivity contribution < 1.29 is 19.7 Å². The zero-order valence-corrected chi connectivity index (χ0v) is 18.4. The SMILES string of the molecule is CC1=C(CN2CC(C(=O)O)C2)CCc2cc(OCCC(O)c3ccc(Cl)cc3)ccc21. The Kier molecular flexibility index (Phi) is 6.65. The molecule has 0 aromatic heterocycles. The number of rotatable bonds is 8. The summed E-state index contributed by atoms with van der Waals surface area (Å²) in [5.41, 5.74) is 6.07. The summed E-state index contributed by atoms with van der Waals surface area (Å²) in [6, 6.07) is 13.4. The average Bonchev–Trinajstić information content (AvgIpc) is 2.72. The molecule has 2 aromatic rings. The normalized spacial score (nSPS) is 17.8. The highest BCUT2D eigenvalue weighted by atomic mass is 35.5. The molecule has 6 heteroatoms. The number of nitrogens with zero attached hydrogens (tertiary/aromatic N) is 1. The Balaban J connectivity index is 1.32. The maximum atomic E-state index is 11.0. The number of hydrogen-bond donors (Lipinski definition) is 2. The van der Waals surface area contributed by atoms with E-state index in [0.717, 1.165) is 30.7 Å². The second-order valence-electron chi connectivity index (χ2n) is 8.48. The molecule has 2 N–H and O–H groups in total. The smallest absolute Gasteiger partial charge is 0.309 e. The van der Waals surface area contributed by atoms with Gasteiger partial charge in [0.1, 0.15) is 5.75 Å². The lowest BCUT2D eigenvalue weighted by Crippen LogP contribution is -2.50. The van der Waals surface area contributed by atoms with Crippen molar-refractivity contribution in [3.05, 3.63) is 69.8 Å². The van der Waals surface area contributed by atoms with Crippen LogP contribution in [0.5, 0.6) is 5.75 Å². The number of ether oxygens (including phenoxy) is 1. The zero-order chi connectivity index (χ0) is 22.0. The van der Waals surface area contributed by atoms with Gasteiger partial charge in [-0.25, -0.2) is 0 Å². The summed E-state index contributed by atoms with van der Waals surface area (Å²) in [6.45, 7) is 4.74. The van der Waals surface area contributed by atoms with Crippen LogP contribution in [-0.4, -0.2) is 47.3 Å². The molecule has 31 heavy (non-hydrogen) atoms. The summed E-state index contributed by atoms with van der Waals surface area (Å²) < 4.78 is 5.91. The minimum atomic E-state index is -0.691. The number of carboxylic acid groups (broad SMARTS) is 1. The lowest BCUT2D eigenvalue weighted by Gasteiger charge is -2.38. The van der Waals surface area contributed by atoms with Gasteiger partial charge in [0, 0.05) is 31.1 Å². The third-order valence-corrected chi connectivity index (χ3v) is 6.59. The highest BCUT2D eigenvalue weighted by Gasteiger charge is 2.33. The maximum absolute atomic E-state index is 11.0. The number of allylic oxidation sites excluding steroid dienone is 1. The van der Waals surface area contributed by atoms with E-state index >= 15 is 0 Å². The van der Waals surface area contributed by atoms with Gasteiger partial charge in [0.05, 0.1) is 18.6 Å². The summed E-state index contributed by atoms with van der Waals surface area (Å²) in [5, 5.41) is 20.0. The number of benzene rings is 2. The molecule has 0 saturated carbocycles. The van der Waals surface area contributed by atoms with Crippen LogP contribution in [0.25, 0.3) is 5.57 Å². The fraction of sp³-hybridized carbons (Fsp3) is 0.400. The Labute approximate surface area is 187 Å². The van der Waals surface area contributed by atoms with E-state index in [-0.39, 0.29) is 5.92 Å². The number of carboxylic acids is 1. The molecular weight excluding hydrogens is 414 g/mol. The molecular formula is C25H28ClNO4. The van der Waals surface area contributed by atoms with Crippen molar-refractivity contribution in [3.63, 3.8) is 0 Å². The van der Waals surface area contributed by atoms with Gasteiger partial charge in [-0.2, -0.15) is 0 Å². The third-order valence-electron chi connectivity index (χ3n) is 6.34. The van der Waals surface area contributed by atoms with E-state index in [1.807, 2.05) is 18.2 Å². The molecule has 1 unspecified atom stereocenters. The average molecular weight is 442 g/mol. The summed E-state index contributed by atoms with van der Waals surface area (Å²) >= 11 is 5.90. The standard InChI is InChI=1S/C25H28ClNO4/c1-16-19(13-27-14-20(15-27)25(29)30)3-2-18-12-22(8-9-23(16)18)31-11-10-24(28)17-4-6-21(26)7-5-17/h4-9,12,20,24,28H,2-3,10-11,13-15H2,1H3,(H,29,30). The fourth-order valence-electron chi connectivity index (χ4n) is 4.36. The molecule has 5 nitrogen and oxygen atoms in total. The number of hydrogen-bond acceptors (Lipinski definition) is 4. The molecule has 0 spiro atoms. The van der Waals surface area contributed by atoms with Crippen molar-refractivity contribution in [2.45, 2.75) is 32.3 Å². The Hall–Kier alpha value is -2.34. The van der Waals surface area contributed by atoms with E-state index in [4.69, 9.17) is 21.4 Å². The van der Waals surface area contributed by atoms with Gasteiger partial charge in [-0.3, -0.25) is 9.69 Å². The largest absolute Gasteiger partial charge is 0.493 e. The molecule has 1 fully saturated rings. The van der Waals surface area contributed by atoms with E-state index in [0.29, 0.717) is 31.1 Å². The van der Waals surface area contributed by atoms with E-state index in [1.165, 1.54) is 22.3 Å². The van der Waals surface area contributed by atoms with E-state index in [9.17, 15) is 9.90 Å². The van der Waals surface area contributed by atoms with E-state index < -0.39 is 12.1 Å². The Morgan fingerprint density at radius 1 is 1.19 bits per heavy atom. The van der Waals surface area contributed by atoms with Crippen LogP contribution in [0.2, 0.25) is 5.02 Å². The molecule has 1 heterocycles. The van der Waals surface area contributed by atoms with Gasteiger partial charge in [0.25, 0.3) is 0 Å². The van der Waals surface area contributed by atoms with Crippen molar-refractivity contribution in [1.82, 2.24) is 4.90 Å². The first kappa shape index (κ1) is 21.9. The van der Waals surface area contributed by atoms with Gasteiger partial charge in [-0.15, -0.1) is 0 Å². The first-order valence-corrected chi connectivity index (χ1v) is 11.1. The van der Waals surface area contributed by atoms with Crippen LogP contribution in [0, 0.1) is 5.92 Å². The van der Waals surface area contributed by atoms with Crippen molar-refractivity contribution in [2.24, 2.45) is 5.92 Å². The Morgan fingerprint density at radius 3 is 2.65 bits per heavy atom. The summed E-state index contributed by atoms with van der Waals surface area (Å²) in [7, 11) is 0. The van der Waals surface area contributed by atoms with Gasteiger partial charge in [0.15, 0.2) is 0 Å². The van der Waals surface area contributed by atoms with Gasteiger partial charge < -0.3 is 14.9 Å². The van der Waals surface area contributed by atoms with E-state index in [2.05, 4.69) is 24.0 Å². The highest BCUT2D eigenvalue weighted by molar-refractivity contribution is 6.30. The molecule has 2 aliphatic rings. The Morgan fingerprint density at radius 2 is 1.94 bits per heavy atom. The predicted molar refractivity (Wildman–Crippen MR) is 121 cm³/mol. The van der Waals surface area contributed by atoms with Crippen molar-refractivity contribution >= 4 is 23.1 Å². The molecule has 0 amide bonds. The molecule has 1 aliphatic carbocycles. The van der Waals surface area contributed by atoms with Crippen LogP contribution >= 0.6 is 11.6 Å². The lowest BCUT2D eigenvalue weighted by molar-refractivity contribution is -0.147. The molecule has 4 rings (SSSR count). The molecule has 0 bridgehead atoms. The monoisotopic (exact) mass is 441 g/mol. The molecule has 1 saturated heterocycles. The van der Waals surface area contributed by atoms with Crippen molar-refractivity contribution in [3.8, 4) is 5.75 Å². The number of aryl methyl sites for hydroxylation is 1. The zero-order valence-electron chi connectivity index (χ0n) is 17.7. The summed E-state index contributed by atoms with van der Waals surface area (Å²) in [5.74, 6) is -0.0794. The fourth-order valence-corrected chi connectivity index (χ4v) is 4.48. The first-order chi connectivity index (χ1) is 14.9. The highest BCUT2D eigenvalue weighted by Crippen LogP contribution is 2.34. The molecule has 164 valence electrons. The number of fused-ring (bicyclic) bond motifs is 1. The Bertz CT molecular complexity index is 980. The molecule has 2 aromatic carbocycles. The van der Waals surface area contributed by atoms with Crippen LogP contribution < -0.4 is 4.74 Å².